The first-order chi connectivity index (χ1) is 7.44. The zero-order valence-electron chi connectivity index (χ0n) is 10.3. The van der Waals surface area contributed by atoms with Gasteiger partial charge in [-0.25, -0.2) is 0 Å². The van der Waals surface area contributed by atoms with Crippen LogP contribution in [-0.4, -0.2) is 30.2 Å². The minimum absolute atomic E-state index is 0.0689. The molecule has 0 bridgehead atoms. The molecule has 4 nitrogen and oxygen atoms in total. The highest BCUT2D eigenvalue weighted by molar-refractivity contribution is 5.76. The molecule has 0 saturated heterocycles. The van der Waals surface area contributed by atoms with Crippen LogP contribution in [0.3, 0.4) is 0 Å². The highest BCUT2D eigenvalue weighted by Gasteiger charge is 2.25. The van der Waals surface area contributed by atoms with Crippen LogP contribution >= 0.6 is 0 Å². The number of rotatable bonds is 5. The van der Waals surface area contributed by atoms with Gasteiger partial charge in [-0.3, -0.25) is 4.79 Å². The summed E-state index contributed by atoms with van der Waals surface area (Å²) in [5, 5.41) is 12.6. The van der Waals surface area contributed by atoms with Gasteiger partial charge in [0, 0.05) is 30.5 Å². The van der Waals surface area contributed by atoms with Gasteiger partial charge < -0.3 is 16.2 Å². The SMILES string of the molecule is CC(C)(CO)CNC1CCC(C(N)=O)CC1. The smallest absolute Gasteiger partial charge is 0.220 e. The summed E-state index contributed by atoms with van der Waals surface area (Å²) < 4.78 is 0. The average molecular weight is 228 g/mol. The van der Waals surface area contributed by atoms with Crippen molar-refractivity contribution in [3.05, 3.63) is 0 Å². The first kappa shape index (κ1) is 13.5. The second-order valence-electron chi connectivity index (χ2n) is 5.65. The van der Waals surface area contributed by atoms with E-state index in [-0.39, 0.29) is 23.8 Å². The van der Waals surface area contributed by atoms with Crippen LogP contribution in [0.15, 0.2) is 0 Å². The van der Waals surface area contributed by atoms with Crippen LogP contribution in [0.1, 0.15) is 39.5 Å². The van der Waals surface area contributed by atoms with Crippen molar-refractivity contribution in [2.75, 3.05) is 13.2 Å². The fourth-order valence-electron chi connectivity index (χ4n) is 2.06. The van der Waals surface area contributed by atoms with Crippen molar-refractivity contribution >= 4 is 5.91 Å². The quantitative estimate of drug-likeness (QED) is 0.646. The molecule has 0 heterocycles. The third-order valence-corrected chi connectivity index (χ3v) is 3.43. The molecule has 0 unspecified atom stereocenters. The van der Waals surface area contributed by atoms with E-state index < -0.39 is 0 Å². The van der Waals surface area contributed by atoms with Crippen LogP contribution in [0.25, 0.3) is 0 Å². The van der Waals surface area contributed by atoms with E-state index in [0.29, 0.717) is 6.04 Å². The number of amides is 1. The Morgan fingerprint density at radius 1 is 1.38 bits per heavy atom. The summed E-state index contributed by atoms with van der Waals surface area (Å²) >= 11 is 0. The van der Waals surface area contributed by atoms with Gasteiger partial charge in [0.1, 0.15) is 0 Å². The number of aliphatic hydroxyl groups is 1. The Morgan fingerprint density at radius 2 is 1.94 bits per heavy atom. The highest BCUT2D eigenvalue weighted by atomic mass is 16.3. The molecule has 0 aromatic carbocycles. The van der Waals surface area contributed by atoms with E-state index in [1.54, 1.807) is 0 Å². The molecule has 0 aromatic heterocycles. The maximum atomic E-state index is 11.0. The zero-order valence-corrected chi connectivity index (χ0v) is 10.3. The van der Waals surface area contributed by atoms with Gasteiger partial charge in [-0.1, -0.05) is 13.8 Å². The average Bonchev–Trinajstić information content (AvgIpc) is 2.27. The molecule has 16 heavy (non-hydrogen) atoms. The van der Waals surface area contributed by atoms with Crippen molar-refractivity contribution in [2.24, 2.45) is 17.1 Å². The van der Waals surface area contributed by atoms with Crippen LogP contribution in [-0.2, 0) is 4.79 Å². The van der Waals surface area contributed by atoms with Crippen LogP contribution < -0.4 is 11.1 Å². The molecular formula is C12H24N2O2. The minimum atomic E-state index is -0.158. The summed E-state index contributed by atoms with van der Waals surface area (Å²) in [6, 6.07) is 0.474. The molecule has 94 valence electrons. The molecule has 1 aliphatic rings. The predicted molar refractivity (Wildman–Crippen MR) is 63.8 cm³/mol. The van der Waals surface area contributed by atoms with E-state index in [2.05, 4.69) is 5.32 Å². The lowest BCUT2D eigenvalue weighted by molar-refractivity contribution is -0.122. The van der Waals surface area contributed by atoms with Gasteiger partial charge in [0.15, 0.2) is 0 Å². The normalized spacial score (nSPS) is 26.7. The second-order valence-corrected chi connectivity index (χ2v) is 5.65. The van der Waals surface area contributed by atoms with Gasteiger partial charge in [0.25, 0.3) is 0 Å². The van der Waals surface area contributed by atoms with Gasteiger partial charge >= 0.3 is 0 Å². The maximum Gasteiger partial charge on any atom is 0.220 e. The summed E-state index contributed by atoms with van der Waals surface area (Å²) in [6.45, 7) is 5.08. The van der Waals surface area contributed by atoms with E-state index in [1.807, 2.05) is 13.8 Å². The third kappa shape index (κ3) is 4.10. The first-order valence-corrected chi connectivity index (χ1v) is 6.08. The van der Waals surface area contributed by atoms with Crippen molar-refractivity contribution in [1.29, 1.82) is 0 Å². The fraction of sp³-hybridized carbons (Fsp3) is 0.917. The topological polar surface area (TPSA) is 75.3 Å². The fourth-order valence-corrected chi connectivity index (χ4v) is 2.06. The number of primary amides is 1. The van der Waals surface area contributed by atoms with Crippen LogP contribution in [0.2, 0.25) is 0 Å². The lowest BCUT2D eigenvalue weighted by Gasteiger charge is -2.31. The number of aliphatic hydroxyl groups excluding tert-OH is 1. The molecule has 1 saturated carbocycles. The summed E-state index contributed by atoms with van der Waals surface area (Å²) in [5.41, 5.74) is 5.22. The molecule has 4 N–H and O–H groups in total. The summed E-state index contributed by atoms with van der Waals surface area (Å²) in [4.78, 5) is 11.0. The van der Waals surface area contributed by atoms with E-state index >= 15 is 0 Å². The molecule has 4 heteroatoms. The molecule has 0 radical (unpaired) electrons. The van der Waals surface area contributed by atoms with Crippen molar-refractivity contribution in [2.45, 2.75) is 45.6 Å². The number of carbonyl (C=O) groups excluding carboxylic acids is 1. The number of nitrogens with two attached hydrogens (primary N) is 1. The summed E-state index contributed by atoms with van der Waals surface area (Å²) in [5.74, 6) is -0.0851. The molecule has 0 atom stereocenters. The van der Waals surface area contributed by atoms with E-state index in [1.165, 1.54) is 0 Å². The third-order valence-electron chi connectivity index (χ3n) is 3.43. The van der Waals surface area contributed by atoms with Gasteiger partial charge in [-0.05, 0) is 25.7 Å². The predicted octanol–water partition coefficient (Wildman–Crippen LogP) is 0.639. The molecule has 1 rings (SSSR count). The minimum Gasteiger partial charge on any atom is -0.396 e. The number of hydrogen-bond acceptors (Lipinski definition) is 3. The van der Waals surface area contributed by atoms with Crippen molar-refractivity contribution in [3.8, 4) is 0 Å². The lowest BCUT2D eigenvalue weighted by atomic mass is 9.85. The second kappa shape index (κ2) is 5.64. The number of hydrogen-bond donors (Lipinski definition) is 3. The standard InChI is InChI=1S/C12H24N2O2/c1-12(2,8-15)7-14-10-5-3-9(4-6-10)11(13)16/h9-10,14-15H,3-8H2,1-2H3,(H2,13,16). The Labute approximate surface area is 97.6 Å². The van der Waals surface area contributed by atoms with Gasteiger partial charge in [0.2, 0.25) is 5.91 Å². The molecule has 1 amide bonds. The zero-order chi connectivity index (χ0) is 12.2. The summed E-state index contributed by atoms with van der Waals surface area (Å²) in [7, 11) is 0. The Morgan fingerprint density at radius 3 is 2.38 bits per heavy atom. The Balaban J connectivity index is 2.25. The molecule has 1 fully saturated rings. The van der Waals surface area contributed by atoms with Crippen molar-refractivity contribution in [3.63, 3.8) is 0 Å². The highest BCUT2D eigenvalue weighted by Crippen LogP contribution is 2.24. The van der Waals surface area contributed by atoms with Gasteiger partial charge in [-0.15, -0.1) is 0 Å². The molecule has 0 aromatic rings. The van der Waals surface area contributed by atoms with E-state index in [9.17, 15) is 4.79 Å². The molecule has 0 aliphatic heterocycles. The van der Waals surface area contributed by atoms with Crippen LogP contribution in [0.5, 0.6) is 0 Å². The van der Waals surface area contributed by atoms with Crippen LogP contribution in [0.4, 0.5) is 0 Å². The maximum absolute atomic E-state index is 11.0. The van der Waals surface area contributed by atoms with Gasteiger partial charge in [0.05, 0.1) is 0 Å². The Kier molecular flexibility index (Phi) is 4.74. The molecule has 1 aliphatic carbocycles. The van der Waals surface area contributed by atoms with Gasteiger partial charge in [-0.2, -0.15) is 0 Å². The Bertz CT molecular complexity index is 233. The lowest BCUT2D eigenvalue weighted by Crippen LogP contribution is -2.41. The van der Waals surface area contributed by atoms with Crippen molar-refractivity contribution in [1.82, 2.24) is 5.32 Å². The molecular weight excluding hydrogens is 204 g/mol. The Hall–Kier alpha value is -0.610. The van der Waals surface area contributed by atoms with E-state index in [4.69, 9.17) is 10.8 Å². The molecule has 0 spiro atoms. The number of carbonyl (C=O) groups is 1. The summed E-state index contributed by atoms with van der Waals surface area (Å²) in [6.07, 6.45) is 3.81. The first-order valence-electron chi connectivity index (χ1n) is 6.08. The monoisotopic (exact) mass is 228 g/mol. The van der Waals surface area contributed by atoms with Crippen LogP contribution in [0, 0.1) is 11.3 Å². The largest absolute Gasteiger partial charge is 0.396 e. The van der Waals surface area contributed by atoms with Crippen molar-refractivity contribution < 1.29 is 9.90 Å². The van der Waals surface area contributed by atoms with E-state index in [0.717, 1.165) is 32.2 Å². The number of nitrogens with one attached hydrogen (secondary N) is 1.